The van der Waals surface area contributed by atoms with Gasteiger partial charge in [-0.15, -0.1) is 0 Å². The van der Waals surface area contributed by atoms with Crippen molar-refractivity contribution >= 4 is 11.8 Å². The average molecular weight is 230 g/mol. The summed E-state index contributed by atoms with van der Waals surface area (Å²) in [5, 5.41) is 0. The first-order valence-corrected chi connectivity index (χ1v) is 5.45. The number of primary amides is 1. The molecule has 1 aliphatic rings. The molecule has 0 spiro atoms. The van der Waals surface area contributed by atoms with Crippen LogP contribution in [0.4, 0.5) is 0 Å². The minimum absolute atomic E-state index is 0.0999. The molecule has 88 valence electrons. The molecule has 0 aromatic heterocycles. The maximum atomic E-state index is 10.9. The van der Waals surface area contributed by atoms with E-state index >= 15 is 0 Å². The normalized spacial score (nSPS) is 19.0. The lowest BCUT2D eigenvalue weighted by molar-refractivity contribution is -0.117. The van der Waals surface area contributed by atoms with Crippen molar-refractivity contribution in [1.82, 2.24) is 0 Å². The van der Waals surface area contributed by atoms with Gasteiger partial charge in [0.25, 0.3) is 0 Å². The molecule has 4 nitrogen and oxygen atoms in total. The second-order valence-corrected chi connectivity index (χ2v) is 3.91. The lowest BCUT2D eigenvalue weighted by atomic mass is 10.1. The van der Waals surface area contributed by atoms with Gasteiger partial charge in [-0.3, -0.25) is 4.79 Å². The topological polar surface area (TPSA) is 64.7 Å². The third-order valence-electron chi connectivity index (χ3n) is 2.35. The van der Waals surface area contributed by atoms with Crippen molar-refractivity contribution in [3.8, 4) is 0 Å². The average Bonchev–Trinajstić information content (AvgIpc) is 2.28. The van der Waals surface area contributed by atoms with Crippen LogP contribution in [-0.4, -0.2) is 17.9 Å². The van der Waals surface area contributed by atoms with Gasteiger partial charge in [-0.25, -0.2) is 4.99 Å². The number of rotatable bonds is 3. The number of nitrogens with zero attached hydrogens (tertiary/aromatic N) is 1. The quantitative estimate of drug-likeness (QED) is 0.857. The molecule has 0 bridgehead atoms. The number of carbonyl (C=O) groups is 1. The highest BCUT2D eigenvalue weighted by molar-refractivity contribution is 5.95. The molecule has 1 aromatic rings. The van der Waals surface area contributed by atoms with Crippen molar-refractivity contribution in [2.75, 3.05) is 0 Å². The molecular formula is C13H14N2O2. The van der Waals surface area contributed by atoms with Crippen molar-refractivity contribution in [3.05, 3.63) is 47.7 Å². The van der Waals surface area contributed by atoms with Crippen LogP contribution >= 0.6 is 0 Å². The molecule has 4 heteroatoms. The number of carbonyl (C=O) groups excluding carboxylic acids is 1. The molecule has 0 fully saturated rings. The second-order valence-electron chi connectivity index (χ2n) is 3.91. The Hall–Kier alpha value is -2.10. The minimum Gasteiger partial charge on any atom is -0.470 e. The van der Waals surface area contributed by atoms with Gasteiger partial charge >= 0.3 is 0 Å². The van der Waals surface area contributed by atoms with Crippen LogP contribution in [-0.2, 0) is 9.53 Å². The van der Waals surface area contributed by atoms with Crippen molar-refractivity contribution < 1.29 is 9.53 Å². The molecule has 0 aliphatic carbocycles. The number of ether oxygens (including phenoxy) is 1. The van der Waals surface area contributed by atoms with Gasteiger partial charge in [0.05, 0.1) is 12.1 Å². The van der Waals surface area contributed by atoms with E-state index in [1.54, 1.807) is 6.08 Å². The van der Waals surface area contributed by atoms with Gasteiger partial charge in [-0.2, -0.15) is 0 Å². The molecule has 1 atom stereocenters. The largest absolute Gasteiger partial charge is 0.470 e. The van der Waals surface area contributed by atoms with Gasteiger partial charge < -0.3 is 10.5 Å². The van der Waals surface area contributed by atoms with E-state index in [1.807, 2.05) is 37.3 Å². The molecule has 17 heavy (non-hydrogen) atoms. The van der Waals surface area contributed by atoms with Gasteiger partial charge in [0.15, 0.2) is 0 Å². The summed E-state index contributed by atoms with van der Waals surface area (Å²) in [6.07, 6.45) is 1.85. The fourth-order valence-corrected chi connectivity index (χ4v) is 1.67. The Morgan fingerprint density at radius 2 is 2.12 bits per heavy atom. The zero-order valence-electron chi connectivity index (χ0n) is 9.59. The lowest BCUT2D eigenvalue weighted by Crippen LogP contribution is -2.21. The number of amides is 1. The van der Waals surface area contributed by atoms with Crippen molar-refractivity contribution in [2.45, 2.75) is 19.4 Å². The Morgan fingerprint density at radius 1 is 1.41 bits per heavy atom. The molecule has 2 N–H and O–H groups in total. The summed E-state index contributed by atoms with van der Waals surface area (Å²) >= 11 is 0. The van der Waals surface area contributed by atoms with E-state index < -0.39 is 0 Å². The Kier molecular flexibility index (Phi) is 3.23. The first-order chi connectivity index (χ1) is 8.15. The van der Waals surface area contributed by atoms with Gasteiger partial charge in [-0.05, 0) is 25.1 Å². The molecule has 2 rings (SSSR count). The maximum Gasteiger partial charge on any atom is 0.223 e. The minimum atomic E-state index is -0.387. The summed E-state index contributed by atoms with van der Waals surface area (Å²) in [5.74, 6) is 0.151. The molecule has 0 radical (unpaired) electrons. The van der Waals surface area contributed by atoms with E-state index in [2.05, 4.69) is 4.99 Å². The van der Waals surface area contributed by atoms with Crippen molar-refractivity contribution in [2.24, 2.45) is 10.7 Å². The van der Waals surface area contributed by atoms with Crippen LogP contribution < -0.4 is 5.73 Å². The maximum absolute atomic E-state index is 10.9. The van der Waals surface area contributed by atoms with Gasteiger partial charge in [0.2, 0.25) is 11.8 Å². The van der Waals surface area contributed by atoms with Crippen LogP contribution in [0.15, 0.2) is 47.1 Å². The van der Waals surface area contributed by atoms with E-state index in [9.17, 15) is 4.79 Å². The van der Waals surface area contributed by atoms with E-state index in [1.165, 1.54) is 0 Å². The Morgan fingerprint density at radius 3 is 2.76 bits per heavy atom. The van der Waals surface area contributed by atoms with Crippen LogP contribution in [0.3, 0.4) is 0 Å². The van der Waals surface area contributed by atoms with Crippen molar-refractivity contribution in [1.29, 1.82) is 0 Å². The Balaban J connectivity index is 2.27. The van der Waals surface area contributed by atoms with E-state index in [-0.39, 0.29) is 18.4 Å². The van der Waals surface area contributed by atoms with Gasteiger partial charge in [-0.1, -0.05) is 18.2 Å². The molecule has 0 saturated carbocycles. The fraction of sp³-hybridized carbons (Fsp3) is 0.231. The number of hydrogen-bond donors (Lipinski definition) is 1. The summed E-state index contributed by atoms with van der Waals surface area (Å²) in [6, 6.07) is 9.59. The van der Waals surface area contributed by atoms with Crippen LogP contribution in [0.2, 0.25) is 0 Å². The first kappa shape index (κ1) is 11.4. The summed E-state index contributed by atoms with van der Waals surface area (Å²) < 4.78 is 5.61. The van der Waals surface area contributed by atoms with E-state index in [4.69, 9.17) is 10.5 Å². The summed E-state index contributed by atoms with van der Waals surface area (Å²) in [5.41, 5.74) is 6.72. The lowest BCUT2D eigenvalue weighted by Gasteiger charge is -2.19. The fourth-order valence-electron chi connectivity index (χ4n) is 1.67. The number of benzene rings is 1. The number of aliphatic imine (C=N–C) groups is 1. The monoisotopic (exact) mass is 230 g/mol. The molecule has 1 aromatic carbocycles. The highest BCUT2D eigenvalue weighted by Gasteiger charge is 2.16. The Bertz CT molecular complexity index is 477. The van der Waals surface area contributed by atoms with E-state index in [0.717, 1.165) is 5.56 Å². The molecule has 1 heterocycles. The molecular weight excluding hydrogens is 216 g/mol. The molecule has 1 aliphatic heterocycles. The highest BCUT2D eigenvalue weighted by Crippen LogP contribution is 2.17. The third-order valence-corrected chi connectivity index (χ3v) is 2.35. The SMILES string of the molecule is CC1C=C(CC(N)=O)N=C(c2ccccc2)O1. The summed E-state index contributed by atoms with van der Waals surface area (Å²) in [7, 11) is 0. The predicted octanol–water partition coefficient (Wildman–Crippen LogP) is 1.61. The molecule has 0 saturated heterocycles. The molecule has 1 unspecified atom stereocenters. The zero-order valence-corrected chi connectivity index (χ0v) is 9.59. The number of hydrogen-bond acceptors (Lipinski definition) is 3. The van der Waals surface area contributed by atoms with Crippen LogP contribution in [0.5, 0.6) is 0 Å². The standard InChI is InChI=1S/C13H14N2O2/c1-9-7-11(8-12(14)16)15-13(17-9)10-5-3-2-4-6-10/h2-7,9H,8H2,1H3,(H2,14,16). The summed E-state index contributed by atoms with van der Waals surface area (Å²) in [6.45, 7) is 1.90. The second kappa shape index (κ2) is 4.82. The van der Waals surface area contributed by atoms with Crippen LogP contribution in [0.1, 0.15) is 18.9 Å². The van der Waals surface area contributed by atoms with Gasteiger partial charge in [0.1, 0.15) is 6.10 Å². The Labute approximate surface area is 99.8 Å². The van der Waals surface area contributed by atoms with E-state index in [0.29, 0.717) is 11.6 Å². The smallest absolute Gasteiger partial charge is 0.223 e. The number of nitrogens with two attached hydrogens (primary N) is 1. The zero-order chi connectivity index (χ0) is 12.3. The van der Waals surface area contributed by atoms with Crippen LogP contribution in [0, 0.1) is 0 Å². The van der Waals surface area contributed by atoms with Crippen LogP contribution in [0.25, 0.3) is 0 Å². The predicted molar refractivity (Wildman–Crippen MR) is 65.4 cm³/mol. The molecule has 1 amide bonds. The third kappa shape index (κ3) is 2.93. The highest BCUT2D eigenvalue weighted by atomic mass is 16.5. The summed E-state index contributed by atoms with van der Waals surface area (Å²) in [4.78, 5) is 15.2. The van der Waals surface area contributed by atoms with Gasteiger partial charge in [0, 0.05) is 5.56 Å². The van der Waals surface area contributed by atoms with Crippen molar-refractivity contribution in [3.63, 3.8) is 0 Å². The first-order valence-electron chi connectivity index (χ1n) is 5.45.